The Bertz CT molecular complexity index is 1140. The molecule has 1 fully saturated rings. The van der Waals surface area contributed by atoms with Crippen molar-refractivity contribution in [2.75, 3.05) is 27.2 Å². The molecule has 2 unspecified atom stereocenters. The molecule has 1 heterocycles. The average molecular weight is 712 g/mol. The van der Waals surface area contributed by atoms with E-state index in [1.54, 1.807) is 0 Å². The number of ether oxygens (including phenoxy) is 2. The van der Waals surface area contributed by atoms with Crippen molar-refractivity contribution in [3.05, 3.63) is 134 Å². The van der Waals surface area contributed by atoms with Crippen LogP contribution in [-0.4, -0.2) is 44.0 Å². The third-order valence-electron chi connectivity index (χ3n) is 8.69. The van der Waals surface area contributed by atoms with Crippen LogP contribution in [-0.2, 0) is 9.47 Å². The Morgan fingerprint density at radius 1 is 0.500 bits per heavy atom. The zero-order chi connectivity index (χ0) is 37.5. The molecule has 1 aliphatic heterocycles. The Hall–Kier alpha value is -2.98. The zero-order valence-corrected chi connectivity index (χ0v) is 33.9. The summed E-state index contributed by atoms with van der Waals surface area (Å²) in [5.74, 6) is -0.421. The van der Waals surface area contributed by atoms with E-state index in [2.05, 4.69) is 167 Å². The largest absolute Gasteiger partial charge is 0.347 e. The molecule has 1 rings (SSSR count). The molecule has 0 aromatic heterocycles. The number of nitrogens with zero attached hydrogens (tertiary/aromatic N) is 1. The van der Waals surface area contributed by atoms with Gasteiger partial charge in [0.1, 0.15) is 0 Å². The van der Waals surface area contributed by atoms with Gasteiger partial charge in [-0.05, 0) is 110 Å². The van der Waals surface area contributed by atoms with E-state index in [0.29, 0.717) is 0 Å². The Labute approximate surface area is 322 Å². The normalized spacial score (nSPS) is 19.3. The number of rotatable bonds is 32. The van der Waals surface area contributed by atoms with Crippen LogP contribution < -0.4 is 0 Å². The van der Waals surface area contributed by atoms with Gasteiger partial charge in [0.05, 0.1) is 12.7 Å². The molecule has 0 aliphatic carbocycles. The molecule has 0 saturated carbocycles. The van der Waals surface area contributed by atoms with Crippen LogP contribution in [0.25, 0.3) is 0 Å². The van der Waals surface area contributed by atoms with Gasteiger partial charge in [0.15, 0.2) is 5.79 Å². The monoisotopic (exact) mass is 712 g/mol. The fourth-order valence-electron chi connectivity index (χ4n) is 5.65. The molecule has 0 bridgehead atoms. The summed E-state index contributed by atoms with van der Waals surface area (Å²) < 4.78 is 13.0. The first-order chi connectivity index (χ1) is 25.6. The van der Waals surface area contributed by atoms with E-state index in [-0.39, 0.29) is 6.10 Å². The summed E-state index contributed by atoms with van der Waals surface area (Å²) in [6.45, 7) is 6.15. The van der Waals surface area contributed by atoms with Gasteiger partial charge in [0.25, 0.3) is 0 Å². The van der Waals surface area contributed by atoms with E-state index < -0.39 is 5.79 Å². The molecule has 0 radical (unpaired) electrons. The molecule has 1 saturated heterocycles. The van der Waals surface area contributed by atoms with E-state index in [1.807, 2.05) is 0 Å². The second kappa shape index (κ2) is 36.4. The van der Waals surface area contributed by atoms with Crippen molar-refractivity contribution in [1.29, 1.82) is 0 Å². The van der Waals surface area contributed by atoms with Gasteiger partial charge in [-0.15, -0.1) is 0 Å². The maximum absolute atomic E-state index is 6.62. The van der Waals surface area contributed by atoms with Crippen molar-refractivity contribution >= 4 is 0 Å². The predicted octanol–water partition coefficient (Wildman–Crippen LogP) is 14.2. The molecule has 290 valence electrons. The average Bonchev–Trinajstić information content (AvgIpc) is 3.55. The first-order valence-electron chi connectivity index (χ1n) is 20.7. The van der Waals surface area contributed by atoms with Crippen LogP contribution in [0.2, 0.25) is 0 Å². The Kier molecular flexibility index (Phi) is 32.9. The van der Waals surface area contributed by atoms with Crippen LogP contribution in [0.15, 0.2) is 134 Å². The summed E-state index contributed by atoms with van der Waals surface area (Å²) in [6.07, 6.45) is 69.8. The molecular weight excluding hydrogens is 635 g/mol. The Morgan fingerprint density at radius 3 is 1.35 bits per heavy atom. The maximum atomic E-state index is 6.62. The topological polar surface area (TPSA) is 21.7 Å². The molecule has 0 spiro atoms. The van der Waals surface area contributed by atoms with Crippen LogP contribution in [0, 0.1) is 0 Å². The van der Waals surface area contributed by atoms with Crippen molar-refractivity contribution in [2.45, 2.75) is 148 Å². The highest BCUT2D eigenvalue weighted by molar-refractivity contribution is 5.06. The van der Waals surface area contributed by atoms with Crippen LogP contribution in [0.4, 0.5) is 0 Å². The number of allylic oxidation sites excluding steroid dienone is 22. The highest BCUT2D eigenvalue weighted by Crippen LogP contribution is 2.35. The SMILES string of the molecule is CC/C=C\C/C=C\C/C=C\C/C=C\C/C=C\C/C=C\CCCC1(CCC/C=C\C/C=C\C/C=C\C/C=C\C=C\CCCC)OCC(CCN(C)C)O1. The maximum Gasteiger partial charge on any atom is 0.168 e. The van der Waals surface area contributed by atoms with Crippen LogP contribution in [0.3, 0.4) is 0 Å². The predicted molar refractivity (Wildman–Crippen MR) is 232 cm³/mol. The van der Waals surface area contributed by atoms with E-state index in [1.165, 1.54) is 19.3 Å². The number of hydrogen-bond donors (Lipinski definition) is 0. The fourth-order valence-corrected chi connectivity index (χ4v) is 5.65. The van der Waals surface area contributed by atoms with Crippen LogP contribution in [0.1, 0.15) is 136 Å². The lowest BCUT2D eigenvalue weighted by atomic mass is 10.0. The molecular formula is C49H77NO2. The summed E-state index contributed by atoms with van der Waals surface area (Å²) in [5.41, 5.74) is 0. The van der Waals surface area contributed by atoms with E-state index in [4.69, 9.17) is 9.47 Å². The lowest BCUT2D eigenvalue weighted by Gasteiger charge is -2.28. The summed E-state index contributed by atoms with van der Waals surface area (Å²) in [6, 6.07) is 0. The Morgan fingerprint density at radius 2 is 0.904 bits per heavy atom. The third-order valence-corrected chi connectivity index (χ3v) is 8.69. The fraction of sp³-hybridized carbons (Fsp3) is 0.551. The zero-order valence-electron chi connectivity index (χ0n) is 33.9. The molecule has 1 aliphatic rings. The van der Waals surface area contributed by atoms with Gasteiger partial charge in [-0.3, -0.25) is 0 Å². The molecule has 3 heteroatoms. The first kappa shape index (κ1) is 47.0. The second-order valence-corrected chi connectivity index (χ2v) is 13.9. The minimum absolute atomic E-state index is 0.200. The van der Waals surface area contributed by atoms with Gasteiger partial charge in [0, 0.05) is 19.4 Å². The van der Waals surface area contributed by atoms with Gasteiger partial charge < -0.3 is 14.4 Å². The third kappa shape index (κ3) is 30.6. The van der Waals surface area contributed by atoms with Crippen molar-refractivity contribution in [1.82, 2.24) is 4.90 Å². The van der Waals surface area contributed by atoms with Crippen LogP contribution in [0.5, 0.6) is 0 Å². The van der Waals surface area contributed by atoms with E-state index in [0.717, 1.165) is 116 Å². The van der Waals surface area contributed by atoms with E-state index in [9.17, 15) is 0 Å². The van der Waals surface area contributed by atoms with Gasteiger partial charge in [-0.2, -0.15) is 0 Å². The lowest BCUT2D eigenvalue weighted by molar-refractivity contribution is -0.179. The van der Waals surface area contributed by atoms with Gasteiger partial charge in [-0.1, -0.05) is 160 Å². The first-order valence-corrected chi connectivity index (χ1v) is 20.7. The number of unbranched alkanes of at least 4 members (excludes halogenated alkanes) is 4. The quantitative estimate of drug-likeness (QED) is 0.0394. The minimum atomic E-state index is -0.421. The van der Waals surface area contributed by atoms with Gasteiger partial charge >= 0.3 is 0 Å². The summed E-state index contributed by atoms with van der Waals surface area (Å²) >= 11 is 0. The molecule has 0 N–H and O–H groups in total. The smallest absolute Gasteiger partial charge is 0.168 e. The molecule has 3 nitrogen and oxygen atoms in total. The van der Waals surface area contributed by atoms with Crippen LogP contribution >= 0.6 is 0 Å². The summed E-state index contributed by atoms with van der Waals surface area (Å²) in [7, 11) is 4.25. The highest BCUT2D eigenvalue weighted by Gasteiger charge is 2.40. The van der Waals surface area contributed by atoms with E-state index >= 15 is 0 Å². The molecule has 0 amide bonds. The molecule has 2 atom stereocenters. The highest BCUT2D eigenvalue weighted by atomic mass is 16.7. The number of hydrogen-bond acceptors (Lipinski definition) is 3. The lowest BCUT2D eigenvalue weighted by Crippen LogP contribution is -2.31. The molecule has 0 aromatic rings. The van der Waals surface area contributed by atoms with Gasteiger partial charge in [0.2, 0.25) is 0 Å². The summed E-state index contributed by atoms with van der Waals surface area (Å²) in [5, 5.41) is 0. The molecule has 0 aromatic carbocycles. The standard InChI is InChI=1S/C49H77NO2/c1-5-7-9-11-13-15-17-19-21-23-25-26-28-30-32-34-36-38-40-42-45-49(51-47-48(52-49)43-46-50(3)4)44-41-39-37-35-33-31-29-27-24-22-20-18-16-14-12-10-8-6-2/h7,9,12-16,18-19,21-22,24-26,29-32,35-38,48H,5-6,8,10-11,17,20,23,27-28,33-34,39-47H2,1-4H3/b9-7-,14-12+,15-13-,18-16-,21-19-,24-22-,26-25-,31-29-,32-30-,37-35-,38-36-. The van der Waals surface area contributed by atoms with Crippen molar-refractivity contribution in [2.24, 2.45) is 0 Å². The van der Waals surface area contributed by atoms with Crippen molar-refractivity contribution in [3.63, 3.8) is 0 Å². The minimum Gasteiger partial charge on any atom is -0.347 e. The summed E-state index contributed by atoms with van der Waals surface area (Å²) in [4.78, 5) is 2.23. The van der Waals surface area contributed by atoms with Crippen molar-refractivity contribution < 1.29 is 9.47 Å². The van der Waals surface area contributed by atoms with Crippen molar-refractivity contribution in [3.8, 4) is 0 Å². The molecule has 52 heavy (non-hydrogen) atoms. The Balaban J connectivity index is 2.28. The second-order valence-electron chi connectivity index (χ2n) is 13.9. The van der Waals surface area contributed by atoms with Gasteiger partial charge in [-0.25, -0.2) is 0 Å².